The lowest BCUT2D eigenvalue weighted by Gasteiger charge is -2.41. The second-order valence-corrected chi connectivity index (χ2v) is 8.28. The minimum absolute atomic E-state index is 0.00575. The second-order valence-electron chi connectivity index (χ2n) is 7.87. The van der Waals surface area contributed by atoms with Crippen molar-refractivity contribution in [1.29, 1.82) is 0 Å². The molecule has 0 spiro atoms. The summed E-state index contributed by atoms with van der Waals surface area (Å²) in [6.07, 6.45) is -3.38. The third kappa shape index (κ3) is 4.63. The molecule has 6 nitrogen and oxygen atoms in total. The molecule has 1 aromatic heterocycles. The Kier molecular flexibility index (Phi) is 6.48. The van der Waals surface area contributed by atoms with Crippen LogP contribution in [0.25, 0.3) is 0 Å². The lowest BCUT2D eigenvalue weighted by atomic mass is 10.0. The molecule has 0 radical (unpaired) electrons. The van der Waals surface area contributed by atoms with Crippen LogP contribution >= 0.6 is 11.6 Å². The number of carbonyl (C=O) groups is 1. The molecule has 2 unspecified atom stereocenters. The summed E-state index contributed by atoms with van der Waals surface area (Å²) in [5.41, 5.74) is 1.50. The van der Waals surface area contributed by atoms with Gasteiger partial charge in [0.15, 0.2) is 0 Å². The first-order valence-electron chi connectivity index (χ1n) is 10.5. The van der Waals surface area contributed by atoms with Crippen LogP contribution in [0.5, 0.6) is 0 Å². The molecule has 1 aliphatic carbocycles. The molecule has 4 rings (SSSR count). The zero-order chi connectivity index (χ0) is 22.9. The van der Waals surface area contributed by atoms with Gasteiger partial charge in [-0.05, 0) is 30.5 Å². The Labute approximate surface area is 189 Å². The molecule has 172 valence electrons. The molecule has 1 aliphatic heterocycles. The highest BCUT2D eigenvalue weighted by Crippen LogP contribution is 2.38. The van der Waals surface area contributed by atoms with E-state index in [9.17, 15) is 18.0 Å². The van der Waals surface area contributed by atoms with Gasteiger partial charge in [-0.15, -0.1) is 0 Å². The third-order valence-electron chi connectivity index (χ3n) is 5.93. The number of hydrogen-bond donors (Lipinski definition) is 1. The van der Waals surface area contributed by atoms with E-state index in [0.29, 0.717) is 45.0 Å². The van der Waals surface area contributed by atoms with E-state index in [-0.39, 0.29) is 17.1 Å². The minimum atomic E-state index is -4.48. The fourth-order valence-corrected chi connectivity index (χ4v) is 4.80. The van der Waals surface area contributed by atoms with Crippen LogP contribution in [-0.2, 0) is 17.3 Å². The van der Waals surface area contributed by atoms with Gasteiger partial charge in [-0.25, -0.2) is 9.78 Å². The smallest absolute Gasteiger partial charge is 0.417 e. The fourth-order valence-electron chi connectivity index (χ4n) is 4.51. The molecule has 1 saturated heterocycles. The van der Waals surface area contributed by atoms with Crippen molar-refractivity contribution < 1.29 is 22.7 Å². The summed E-state index contributed by atoms with van der Waals surface area (Å²) in [4.78, 5) is 20.3. The first-order valence-corrected chi connectivity index (χ1v) is 10.9. The Morgan fingerprint density at radius 2 is 1.97 bits per heavy atom. The number of benzene rings is 1. The summed E-state index contributed by atoms with van der Waals surface area (Å²) in [5, 5.41) is 2.98. The molecule has 1 amide bonds. The molecular weight excluding hydrogens is 445 g/mol. The van der Waals surface area contributed by atoms with Crippen molar-refractivity contribution >= 4 is 23.5 Å². The summed E-state index contributed by atoms with van der Waals surface area (Å²) in [5.74, 6) is 0.354. The number of carbonyl (C=O) groups excluding carboxylic acids is 1. The second kappa shape index (κ2) is 9.15. The van der Waals surface area contributed by atoms with Crippen LogP contribution in [0.3, 0.4) is 0 Å². The molecule has 1 aromatic carbocycles. The maximum atomic E-state index is 12.9. The van der Waals surface area contributed by atoms with Gasteiger partial charge in [0.05, 0.1) is 29.3 Å². The molecule has 2 aromatic rings. The molecule has 1 fully saturated rings. The predicted octanol–water partition coefficient (Wildman–Crippen LogP) is 4.29. The van der Waals surface area contributed by atoms with Gasteiger partial charge in [0.1, 0.15) is 5.82 Å². The lowest BCUT2D eigenvalue weighted by molar-refractivity contribution is -0.137. The number of alkyl carbamates (subject to hydrolysis) is 1. The normalized spacial score (nSPS) is 21.3. The zero-order valence-electron chi connectivity index (χ0n) is 17.5. The average molecular weight is 469 g/mol. The third-order valence-corrected chi connectivity index (χ3v) is 6.21. The number of nitrogens with one attached hydrogen (secondary N) is 1. The number of piperazine rings is 1. The Balaban J connectivity index is 1.48. The Morgan fingerprint density at radius 3 is 2.62 bits per heavy atom. The molecule has 2 atom stereocenters. The summed E-state index contributed by atoms with van der Waals surface area (Å²) in [6.45, 7) is 4.49. The standard InChI is InChI=1S/C22H24ClF3N4O2/c1-2-32-21(31)28-18-11-14-5-3-4-6-16(14)19(18)29-7-9-30(10-8-29)20-17(23)12-15(13-27-20)22(24,25)26/h3-6,12-13,18-19H,2,7-11H2,1H3,(H,28,31). The van der Waals surface area contributed by atoms with Gasteiger partial charge in [0.2, 0.25) is 0 Å². The molecule has 10 heteroatoms. The molecule has 0 saturated carbocycles. The summed E-state index contributed by atoms with van der Waals surface area (Å²) >= 11 is 6.13. The van der Waals surface area contributed by atoms with Crippen LogP contribution in [0.15, 0.2) is 36.5 Å². The van der Waals surface area contributed by atoms with Crippen LogP contribution in [0, 0.1) is 0 Å². The number of pyridine rings is 1. The number of aromatic nitrogens is 1. The van der Waals surface area contributed by atoms with Crippen molar-refractivity contribution in [1.82, 2.24) is 15.2 Å². The highest BCUT2D eigenvalue weighted by Gasteiger charge is 2.39. The van der Waals surface area contributed by atoms with Gasteiger partial charge in [-0.2, -0.15) is 13.2 Å². The Hall–Kier alpha value is -2.52. The van der Waals surface area contributed by atoms with E-state index in [2.05, 4.69) is 27.3 Å². The van der Waals surface area contributed by atoms with E-state index in [4.69, 9.17) is 16.3 Å². The van der Waals surface area contributed by atoms with Crippen molar-refractivity contribution in [2.24, 2.45) is 0 Å². The topological polar surface area (TPSA) is 57.7 Å². The van der Waals surface area contributed by atoms with Gasteiger partial charge in [0.25, 0.3) is 0 Å². The monoisotopic (exact) mass is 468 g/mol. The number of halogens is 4. The van der Waals surface area contributed by atoms with E-state index in [0.717, 1.165) is 12.3 Å². The molecule has 32 heavy (non-hydrogen) atoms. The van der Waals surface area contributed by atoms with Crippen molar-refractivity contribution in [3.05, 3.63) is 58.2 Å². The number of hydrogen-bond acceptors (Lipinski definition) is 5. The molecule has 2 aliphatic rings. The van der Waals surface area contributed by atoms with Crippen molar-refractivity contribution in [3.8, 4) is 0 Å². The van der Waals surface area contributed by atoms with Crippen LogP contribution in [0.4, 0.5) is 23.8 Å². The number of nitrogens with zero attached hydrogens (tertiary/aromatic N) is 3. The highest BCUT2D eigenvalue weighted by atomic mass is 35.5. The molecular formula is C22H24ClF3N4O2. The van der Waals surface area contributed by atoms with Crippen LogP contribution in [0.2, 0.25) is 5.02 Å². The van der Waals surface area contributed by atoms with Crippen LogP contribution < -0.4 is 10.2 Å². The van der Waals surface area contributed by atoms with Gasteiger partial charge in [0, 0.05) is 32.4 Å². The van der Waals surface area contributed by atoms with E-state index < -0.39 is 17.8 Å². The summed E-state index contributed by atoms with van der Waals surface area (Å²) in [7, 11) is 0. The van der Waals surface area contributed by atoms with E-state index in [1.54, 1.807) is 6.92 Å². The van der Waals surface area contributed by atoms with Crippen molar-refractivity contribution in [2.75, 3.05) is 37.7 Å². The number of ether oxygens (including phenoxy) is 1. The Morgan fingerprint density at radius 1 is 1.25 bits per heavy atom. The number of fused-ring (bicyclic) bond motifs is 1. The van der Waals surface area contributed by atoms with Gasteiger partial charge in [-0.1, -0.05) is 35.9 Å². The van der Waals surface area contributed by atoms with E-state index in [1.807, 2.05) is 17.0 Å². The first-order chi connectivity index (χ1) is 15.3. The lowest BCUT2D eigenvalue weighted by Crippen LogP contribution is -2.52. The highest BCUT2D eigenvalue weighted by molar-refractivity contribution is 6.33. The van der Waals surface area contributed by atoms with Crippen molar-refractivity contribution in [3.63, 3.8) is 0 Å². The minimum Gasteiger partial charge on any atom is -0.450 e. The van der Waals surface area contributed by atoms with Crippen LogP contribution in [-0.4, -0.2) is 54.8 Å². The van der Waals surface area contributed by atoms with Crippen molar-refractivity contribution in [2.45, 2.75) is 31.6 Å². The molecule has 2 heterocycles. The SMILES string of the molecule is CCOC(=O)NC1Cc2ccccc2C1N1CCN(c2ncc(C(F)(F)F)cc2Cl)CC1. The number of amides is 1. The summed E-state index contributed by atoms with van der Waals surface area (Å²) in [6, 6.07) is 8.91. The fraction of sp³-hybridized carbons (Fsp3) is 0.455. The number of rotatable bonds is 4. The van der Waals surface area contributed by atoms with Gasteiger partial charge >= 0.3 is 12.3 Å². The number of anilines is 1. The zero-order valence-corrected chi connectivity index (χ0v) is 18.3. The first kappa shape index (κ1) is 22.7. The summed E-state index contributed by atoms with van der Waals surface area (Å²) < 4.78 is 43.8. The Bertz CT molecular complexity index is 980. The van der Waals surface area contributed by atoms with E-state index in [1.165, 1.54) is 11.1 Å². The maximum Gasteiger partial charge on any atom is 0.417 e. The van der Waals surface area contributed by atoms with Crippen LogP contribution in [0.1, 0.15) is 29.7 Å². The maximum absolute atomic E-state index is 12.9. The molecule has 0 bridgehead atoms. The number of alkyl halides is 3. The predicted molar refractivity (Wildman–Crippen MR) is 115 cm³/mol. The average Bonchev–Trinajstić information content (AvgIpc) is 3.11. The van der Waals surface area contributed by atoms with E-state index >= 15 is 0 Å². The van der Waals surface area contributed by atoms with Gasteiger partial charge in [-0.3, -0.25) is 4.90 Å². The molecule has 1 N–H and O–H groups in total. The largest absolute Gasteiger partial charge is 0.450 e. The van der Waals surface area contributed by atoms with Gasteiger partial charge < -0.3 is 15.0 Å². The quantitative estimate of drug-likeness (QED) is 0.725.